The summed E-state index contributed by atoms with van der Waals surface area (Å²) in [4.78, 5) is 12.1. The number of rotatable bonds is 4. The summed E-state index contributed by atoms with van der Waals surface area (Å²) in [5.74, 6) is 0.312. The number of anilines is 2. The summed E-state index contributed by atoms with van der Waals surface area (Å²) in [6.45, 7) is 5.90. The fourth-order valence-corrected chi connectivity index (χ4v) is 1.94. The van der Waals surface area contributed by atoms with Crippen molar-refractivity contribution in [3.63, 3.8) is 0 Å². The number of nitrogens with one attached hydrogen (secondary N) is 2. The molecule has 1 aromatic heterocycles. The van der Waals surface area contributed by atoms with Gasteiger partial charge in [-0.05, 0) is 18.2 Å². The molecule has 6 nitrogen and oxygen atoms in total. The predicted molar refractivity (Wildman–Crippen MR) is 92.6 cm³/mol. The molecule has 0 aliphatic rings. The maximum atomic E-state index is 12.1. The number of nitrogens with zero attached hydrogens (tertiary/aromatic N) is 2. The molecule has 124 valence electrons. The molecule has 7 heteroatoms. The lowest BCUT2D eigenvalue weighted by Crippen LogP contribution is -2.15. The molecule has 1 amide bonds. The Morgan fingerprint density at radius 1 is 1.38 bits per heavy atom. The largest absolute Gasteiger partial charge is 0.360 e. The molecule has 0 aliphatic carbocycles. The average molecular weight is 345 g/mol. The molecule has 0 aliphatic heterocycles. The van der Waals surface area contributed by atoms with E-state index in [1.165, 1.54) is 6.20 Å². The van der Waals surface area contributed by atoms with Gasteiger partial charge in [0.15, 0.2) is 5.82 Å². The topological polar surface area (TPSA) is 91.0 Å². The lowest BCUT2D eigenvalue weighted by Gasteiger charge is -2.11. The number of halogens is 1. The maximum Gasteiger partial charge on any atom is 0.269 e. The van der Waals surface area contributed by atoms with Crippen molar-refractivity contribution in [2.24, 2.45) is 0 Å². The van der Waals surface area contributed by atoms with Crippen molar-refractivity contribution in [2.75, 3.05) is 10.6 Å². The first-order valence-electron chi connectivity index (χ1n) is 7.20. The molecule has 2 aromatic rings. The Balaban J connectivity index is 2.07. The molecule has 0 bridgehead atoms. The van der Waals surface area contributed by atoms with Crippen LogP contribution in [-0.4, -0.2) is 11.1 Å². The van der Waals surface area contributed by atoms with Crippen molar-refractivity contribution >= 4 is 29.0 Å². The third kappa shape index (κ3) is 4.61. The monoisotopic (exact) mass is 344 g/mol. The SMILES string of the molecule is CC(C)(C)c1cc(NC(=O)/C(C#N)=C/Nc2cccc(Cl)c2)no1. The molecule has 2 N–H and O–H groups in total. The van der Waals surface area contributed by atoms with Crippen molar-refractivity contribution in [2.45, 2.75) is 26.2 Å². The van der Waals surface area contributed by atoms with E-state index in [1.54, 1.807) is 30.3 Å². The average Bonchev–Trinajstić information content (AvgIpc) is 2.96. The summed E-state index contributed by atoms with van der Waals surface area (Å²) in [6, 6.07) is 10.4. The Labute approximate surface area is 145 Å². The highest BCUT2D eigenvalue weighted by atomic mass is 35.5. The molecular formula is C17H17ClN4O2. The lowest BCUT2D eigenvalue weighted by atomic mass is 9.93. The number of amides is 1. The molecule has 0 saturated heterocycles. The number of hydrogen-bond donors (Lipinski definition) is 2. The second kappa shape index (κ2) is 7.20. The van der Waals surface area contributed by atoms with Crippen LogP contribution < -0.4 is 10.6 Å². The van der Waals surface area contributed by atoms with Crippen LogP contribution in [0.4, 0.5) is 11.5 Å². The summed E-state index contributed by atoms with van der Waals surface area (Å²) in [7, 11) is 0. The normalized spacial score (nSPS) is 11.7. The molecule has 0 atom stereocenters. The van der Waals surface area contributed by atoms with Crippen molar-refractivity contribution in [3.8, 4) is 6.07 Å². The molecule has 0 fully saturated rings. The van der Waals surface area contributed by atoms with Gasteiger partial charge in [-0.1, -0.05) is 43.6 Å². The van der Waals surface area contributed by atoms with Gasteiger partial charge in [0.05, 0.1) is 0 Å². The minimum absolute atomic E-state index is 0.102. The molecule has 0 saturated carbocycles. The van der Waals surface area contributed by atoms with E-state index in [2.05, 4.69) is 15.8 Å². The highest BCUT2D eigenvalue weighted by Crippen LogP contribution is 2.24. The van der Waals surface area contributed by atoms with E-state index in [1.807, 2.05) is 26.8 Å². The maximum absolute atomic E-state index is 12.1. The van der Waals surface area contributed by atoms with E-state index >= 15 is 0 Å². The van der Waals surface area contributed by atoms with E-state index in [9.17, 15) is 4.79 Å². The van der Waals surface area contributed by atoms with E-state index in [4.69, 9.17) is 21.4 Å². The summed E-state index contributed by atoms with van der Waals surface area (Å²) in [6.07, 6.45) is 1.31. The molecular weight excluding hydrogens is 328 g/mol. The Morgan fingerprint density at radius 3 is 2.71 bits per heavy atom. The van der Waals surface area contributed by atoms with Gasteiger partial charge >= 0.3 is 0 Å². The Bertz CT molecular complexity index is 812. The quantitative estimate of drug-likeness (QED) is 0.644. The molecule has 2 rings (SSSR count). The summed E-state index contributed by atoms with van der Waals surface area (Å²) in [5, 5.41) is 18.9. The number of aromatic nitrogens is 1. The summed E-state index contributed by atoms with van der Waals surface area (Å²) >= 11 is 5.88. The van der Waals surface area contributed by atoms with Crippen LogP contribution in [0.25, 0.3) is 0 Å². The second-order valence-electron chi connectivity index (χ2n) is 6.11. The third-order valence-electron chi connectivity index (χ3n) is 3.06. The van der Waals surface area contributed by atoms with Crippen LogP contribution in [0, 0.1) is 11.3 Å². The van der Waals surface area contributed by atoms with Crippen LogP contribution in [0.3, 0.4) is 0 Å². The van der Waals surface area contributed by atoms with Gasteiger partial charge in [-0.15, -0.1) is 0 Å². The highest BCUT2D eigenvalue weighted by molar-refractivity contribution is 6.30. The Hall–Kier alpha value is -2.78. The van der Waals surface area contributed by atoms with Crippen LogP contribution in [0.2, 0.25) is 5.02 Å². The fraction of sp³-hybridized carbons (Fsp3) is 0.235. The van der Waals surface area contributed by atoms with E-state index < -0.39 is 5.91 Å². The number of carbonyl (C=O) groups excluding carboxylic acids is 1. The second-order valence-corrected chi connectivity index (χ2v) is 6.54. The minimum Gasteiger partial charge on any atom is -0.360 e. The third-order valence-corrected chi connectivity index (χ3v) is 3.30. The van der Waals surface area contributed by atoms with E-state index in [0.29, 0.717) is 16.5 Å². The summed E-state index contributed by atoms with van der Waals surface area (Å²) in [5.41, 5.74) is 0.340. The van der Waals surface area contributed by atoms with Gasteiger partial charge in [-0.2, -0.15) is 5.26 Å². The van der Waals surface area contributed by atoms with Gasteiger partial charge in [0, 0.05) is 28.4 Å². The molecule has 0 spiro atoms. The van der Waals surface area contributed by atoms with Gasteiger partial charge in [-0.3, -0.25) is 4.79 Å². The predicted octanol–water partition coefficient (Wildman–Crippen LogP) is 4.08. The van der Waals surface area contributed by atoms with E-state index in [0.717, 1.165) is 0 Å². The summed E-state index contributed by atoms with van der Waals surface area (Å²) < 4.78 is 5.19. The standard InChI is InChI=1S/C17H17ClN4O2/c1-17(2,3)14-8-15(22-24-14)21-16(23)11(9-19)10-20-13-6-4-5-12(18)7-13/h4-8,10,20H,1-3H3,(H,21,22,23)/b11-10+. The minimum atomic E-state index is -0.583. The zero-order valence-electron chi connectivity index (χ0n) is 13.6. The lowest BCUT2D eigenvalue weighted by molar-refractivity contribution is -0.112. The van der Waals surface area contributed by atoms with E-state index in [-0.39, 0.29) is 16.8 Å². The van der Waals surface area contributed by atoms with Gasteiger partial charge in [-0.25, -0.2) is 0 Å². The first kappa shape index (κ1) is 17.6. The Morgan fingerprint density at radius 2 is 2.12 bits per heavy atom. The number of benzene rings is 1. The molecule has 0 radical (unpaired) electrons. The Kier molecular flexibility index (Phi) is 5.27. The number of hydrogen-bond acceptors (Lipinski definition) is 5. The molecule has 24 heavy (non-hydrogen) atoms. The van der Waals surface area contributed by atoms with Gasteiger partial charge in [0.25, 0.3) is 5.91 Å². The van der Waals surface area contributed by atoms with Gasteiger partial charge in [0.1, 0.15) is 17.4 Å². The highest BCUT2D eigenvalue weighted by Gasteiger charge is 2.21. The first-order chi connectivity index (χ1) is 11.3. The van der Waals surface area contributed by atoms with Crippen molar-refractivity contribution in [3.05, 3.63) is 52.9 Å². The van der Waals surface area contributed by atoms with Gasteiger partial charge < -0.3 is 15.2 Å². The van der Waals surface area contributed by atoms with Crippen LogP contribution >= 0.6 is 11.6 Å². The van der Waals surface area contributed by atoms with Crippen LogP contribution in [0.1, 0.15) is 26.5 Å². The van der Waals surface area contributed by atoms with Crippen molar-refractivity contribution in [1.82, 2.24) is 5.16 Å². The molecule has 0 unspecified atom stereocenters. The van der Waals surface area contributed by atoms with Gasteiger partial charge in [0.2, 0.25) is 0 Å². The number of nitriles is 1. The van der Waals surface area contributed by atoms with Crippen LogP contribution in [-0.2, 0) is 10.2 Å². The first-order valence-corrected chi connectivity index (χ1v) is 7.58. The number of carbonyl (C=O) groups is 1. The zero-order chi connectivity index (χ0) is 17.7. The van der Waals surface area contributed by atoms with Crippen LogP contribution in [0.15, 0.2) is 46.6 Å². The fourth-order valence-electron chi connectivity index (χ4n) is 1.75. The molecule has 1 aromatic carbocycles. The van der Waals surface area contributed by atoms with Crippen LogP contribution in [0.5, 0.6) is 0 Å². The zero-order valence-corrected chi connectivity index (χ0v) is 14.3. The smallest absolute Gasteiger partial charge is 0.269 e. The van der Waals surface area contributed by atoms with Crippen molar-refractivity contribution in [1.29, 1.82) is 5.26 Å². The molecule has 1 heterocycles. The van der Waals surface area contributed by atoms with Crippen molar-refractivity contribution < 1.29 is 9.32 Å².